The van der Waals surface area contributed by atoms with Gasteiger partial charge in [-0.15, -0.1) is 0 Å². The van der Waals surface area contributed by atoms with Crippen molar-refractivity contribution in [3.8, 4) is 0 Å². The van der Waals surface area contributed by atoms with Crippen LogP contribution in [0.25, 0.3) is 0 Å². The minimum absolute atomic E-state index is 0.729. The summed E-state index contributed by atoms with van der Waals surface area (Å²) in [6.45, 7) is 1.88. The number of nitrogens with zero attached hydrogens (tertiary/aromatic N) is 1. The predicted molar refractivity (Wildman–Crippen MR) is 34.0 cm³/mol. The number of rotatable bonds is 0. The van der Waals surface area contributed by atoms with Crippen LogP contribution in [0.5, 0.6) is 0 Å². The summed E-state index contributed by atoms with van der Waals surface area (Å²) in [7, 11) is 0. The van der Waals surface area contributed by atoms with Crippen LogP contribution in [-0.2, 0) is 0 Å². The van der Waals surface area contributed by atoms with Crippen LogP contribution < -0.4 is 0 Å². The number of hydrogen-bond donors (Lipinski definition) is 0. The Labute approximate surface area is 53.3 Å². The first-order chi connectivity index (χ1) is 3.80. The number of pyridine rings is 1. The molecule has 0 N–H and O–H groups in total. The summed E-state index contributed by atoms with van der Waals surface area (Å²) < 4.78 is 0. The molecule has 0 unspecified atom stereocenters. The SMILES string of the molecule is Cc1ncccc1Cl. The quantitative estimate of drug-likeness (QED) is 0.520. The first-order valence-electron chi connectivity index (χ1n) is 2.38. The van der Waals surface area contributed by atoms with Gasteiger partial charge < -0.3 is 0 Å². The second-order valence-corrected chi connectivity index (χ2v) is 1.98. The molecule has 0 aliphatic heterocycles. The highest BCUT2D eigenvalue weighted by molar-refractivity contribution is 6.31. The minimum Gasteiger partial charge on any atom is -0.260 e. The highest BCUT2D eigenvalue weighted by atomic mass is 35.5. The zero-order chi connectivity index (χ0) is 5.98. The van der Waals surface area contributed by atoms with Gasteiger partial charge in [-0.1, -0.05) is 11.6 Å². The van der Waals surface area contributed by atoms with Crippen molar-refractivity contribution in [3.63, 3.8) is 0 Å². The molecule has 1 nitrogen and oxygen atoms in total. The highest BCUT2D eigenvalue weighted by Crippen LogP contribution is 2.08. The molecule has 0 aliphatic rings. The normalized spacial score (nSPS) is 9.25. The van der Waals surface area contributed by atoms with Crippen LogP contribution in [-0.4, -0.2) is 4.98 Å². The van der Waals surface area contributed by atoms with E-state index in [2.05, 4.69) is 4.98 Å². The van der Waals surface area contributed by atoms with Gasteiger partial charge in [-0.05, 0) is 19.1 Å². The molecule has 1 aromatic rings. The summed E-state index contributed by atoms with van der Waals surface area (Å²) in [4.78, 5) is 3.95. The minimum atomic E-state index is 0.729. The van der Waals surface area contributed by atoms with Gasteiger partial charge in [0.1, 0.15) is 0 Å². The fourth-order valence-electron chi connectivity index (χ4n) is 0.465. The average Bonchev–Trinajstić information content (AvgIpc) is 1.77. The van der Waals surface area contributed by atoms with Crippen molar-refractivity contribution >= 4 is 11.6 Å². The average molecular weight is 128 g/mol. The molecule has 0 aliphatic carbocycles. The zero-order valence-corrected chi connectivity index (χ0v) is 5.31. The van der Waals surface area contributed by atoms with Crippen molar-refractivity contribution in [2.45, 2.75) is 6.92 Å². The second-order valence-electron chi connectivity index (χ2n) is 1.57. The number of aryl methyl sites for hydroxylation is 1. The van der Waals surface area contributed by atoms with Gasteiger partial charge in [0.2, 0.25) is 0 Å². The van der Waals surface area contributed by atoms with Crippen molar-refractivity contribution in [1.29, 1.82) is 0 Å². The van der Waals surface area contributed by atoms with Gasteiger partial charge in [0, 0.05) is 6.20 Å². The van der Waals surface area contributed by atoms with Crippen molar-refractivity contribution in [2.75, 3.05) is 0 Å². The lowest BCUT2D eigenvalue weighted by atomic mass is 10.4. The lowest BCUT2D eigenvalue weighted by Crippen LogP contribution is -1.77. The van der Waals surface area contributed by atoms with Crippen molar-refractivity contribution < 1.29 is 0 Å². The first kappa shape index (κ1) is 5.57. The van der Waals surface area contributed by atoms with E-state index in [1.54, 1.807) is 6.20 Å². The van der Waals surface area contributed by atoms with Crippen LogP contribution in [0.2, 0.25) is 5.02 Å². The maximum atomic E-state index is 5.65. The Bertz CT molecular complexity index is 165. The third-order valence-corrected chi connectivity index (χ3v) is 1.34. The summed E-state index contributed by atoms with van der Waals surface area (Å²) in [6.07, 6.45) is 1.72. The molecule has 42 valence electrons. The maximum Gasteiger partial charge on any atom is 0.0618 e. The Kier molecular flexibility index (Phi) is 1.49. The van der Waals surface area contributed by atoms with E-state index in [-0.39, 0.29) is 0 Å². The van der Waals surface area contributed by atoms with Crippen molar-refractivity contribution in [1.82, 2.24) is 4.98 Å². The molecule has 0 saturated carbocycles. The van der Waals surface area contributed by atoms with Crippen molar-refractivity contribution in [3.05, 3.63) is 29.0 Å². The molecule has 0 saturated heterocycles. The molecule has 0 bridgehead atoms. The number of aromatic nitrogens is 1. The highest BCUT2D eigenvalue weighted by Gasteiger charge is 1.88. The van der Waals surface area contributed by atoms with Crippen molar-refractivity contribution in [2.24, 2.45) is 0 Å². The van der Waals surface area contributed by atoms with E-state index in [0.29, 0.717) is 0 Å². The third-order valence-electron chi connectivity index (χ3n) is 0.942. The number of halogens is 1. The zero-order valence-electron chi connectivity index (χ0n) is 4.56. The van der Waals surface area contributed by atoms with Gasteiger partial charge in [-0.25, -0.2) is 0 Å². The van der Waals surface area contributed by atoms with Crippen LogP contribution in [0.4, 0.5) is 0 Å². The lowest BCUT2D eigenvalue weighted by Gasteiger charge is -1.90. The second kappa shape index (κ2) is 2.14. The van der Waals surface area contributed by atoms with Gasteiger partial charge in [0.15, 0.2) is 0 Å². The third kappa shape index (κ3) is 0.984. The summed E-state index contributed by atoms with van der Waals surface area (Å²) >= 11 is 5.65. The monoisotopic (exact) mass is 127 g/mol. The molecular formula is C6H6ClN. The molecule has 0 fully saturated rings. The van der Waals surface area contributed by atoms with E-state index < -0.39 is 0 Å². The van der Waals surface area contributed by atoms with Crippen LogP contribution in [0, 0.1) is 6.92 Å². The Morgan fingerprint density at radius 2 is 2.38 bits per heavy atom. The molecule has 0 spiro atoms. The van der Waals surface area contributed by atoms with E-state index in [1.165, 1.54) is 0 Å². The molecule has 8 heavy (non-hydrogen) atoms. The predicted octanol–water partition coefficient (Wildman–Crippen LogP) is 2.04. The van der Waals surface area contributed by atoms with Gasteiger partial charge in [-0.2, -0.15) is 0 Å². The fraction of sp³-hybridized carbons (Fsp3) is 0.167. The topological polar surface area (TPSA) is 12.9 Å². The van der Waals surface area contributed by atoms with Crippen LogP contribution in [0.3, 0.4) is 0 Å². The molecule has 0 aromatic carbocycles. The first-order valence-corrected chi connectivity index (χ1v) is 2.75. The van der Waals surface area contributed by atoms with Gasteiger partial charge >= 0.3 is 0 Å². The van der Waals surface area contributed by atoms with Crippen LogP contribution >= 0.6 is 11.6 Å². The molecular weight excluding hydrogens is 122 g/mol. The smallest absolute Gasteiger partial charge is 0.0618 e. The standard InChI is InChI=1S/C6H6ClN/c1-5-6(7)3-2-4-8-5/h2-4H,1H3. The van der Waals surface area contributed by atoms with E-state index >= 15 is 0 Å². The van der Waals surface area contributed by atoms with Gasteiger partial charge in [0.25, 0.3) is 0 Å². The Morgan fingerprint density at radius 3 is 2.75 bits per heavy atom. The summed E-state index contributed by atoms with van der Waals surface area (Å²) in [5.41, 5.74) is 0.883. The summed E-state index contributed by atoms with van der Waals surface area (Å²) in [5.74, 6) is 0. The molecule has 1 aromatic heterocycles. The van der Waals surface area contributed by atoms with Gasteiger partial charge in [-0.3, -0.25) is 4.98 Å². The lowest BCUT2D eigenvalue weighted by molar-refractivity contribution is 1.20. The molecule has 1 heterocycles. The van der Waals surface area contributed by atoms with E-state index in [0.717, 1.165) is 10.7 Å². The molecule has 2 heteroatoms. The van der Waals surface area contributed by atoms with Gasteiger partial charge in [0.05, 0.1) is 10.7 Å². The Morgan fingerprint density at radius 1 is 1.62 bits per heavy atom. The van der Waals surface area contributed by atoms with E-state index in [9.17, 15) is 0 Å². The largest absolute Gasteiger partial charge is 0.260 e. The maximum absolute atomic E-state index is 5.65. The number of hydrogen-bond acceptors (Lipinski definition) is 1. The summed E-state index contributed by atoms with van der Waals surface area (Å²) in [5, 5.41) is 0.729. The molecule has 1 rings (SSSR count). The molecule has 0 atom stereocenters. The summed E-state index contributed by atoms with van der Waals surface area (Å²) in [6, 6.07) is 3.64. The molecule has 0 radical (unpaired) electrons. The van der Waals surface area contributed by atoms with Crippen LogP contribution in [0.15, 0.2) is 18.3 Å². The molecule has 0 amide bonds. The Hall–Kier alpha value is -0.560. The van der Waals surface area contributed by atoms with E-state index in [4.69, 9.17) is 11.6 Å². The van der Waals surface area contributed by atoms with Crippen LogP contribution in [0.1, 0.15) is 5.69 Å². The fourth-order valence-corrected chi connectivity index (χ4v) is 0.586. The van der Waals surface area contributed by atoms with E-state index in [1.807, 2.05) is 19.1 Å². The Balaban J connectivity index is 3.13.